The molecular weight excluding hydrogens is 184 g/mol. The molecule has 0 saturated carbocycles. The molecule has 0 heterocycles. The summed E-state index contributed by atoms with van der Waals surface area (Å²) >= 11 is 4.76. The van der Waals surface area contributed by atoms with Crippen molar-refractivity contribution in [1.29, 1.82) is 0 Å². The molecule has 0 aromatic rings. The van der Waals surface area contributed by atoms with Crippen molar-refractivity contribution in [1.82, 2.24) is 4.90 Å². The molecule has 0 spiro atoms. The van der Waals surface area contributed by atoms with E-state index in [1.165, 1.54) is 0 Å². The van der Waals surface area contributed by atoms with Gasteiger partial charge in [0.2, 0.25) is 5.91 Å². The van der Waals surface area contributed by atoms with Crippen LogP contribution in [-0.2, 0) is 4.79 Å². The number of thiocarbonyl (C=S) groups is 1. The number of nitrogens with two attached hydrogens (primary N) is 1. The lowest BCUT2D eigenvalue weighted by atomic mass is 10.1. The average molecular weight is 202 g/mol. The Kier molecular flexibility index (Phi) is 4.91. The maximum atomic E-state index is 11.6. The van der Waals surface area contributed by atoms with Gasteiger partial charge in [-0.15, -0.1) is 0 Å². The molecular formula is C9H18N2OS. The number of amides is 1. The van der Waals surface area contributed by atoms with E-state index in [0.29, 0.717) is 5.92 Å². The van der Waals surface area contributed by atoms with Gasteiger partial charge in [-0.25, -0.2) is 0 Å². The van der Waals surface area contributed by atoms with Crippen molar-refractivity contribution < 1.29 is 4.79 Å². The highest BCUT2D eigenvalue weighted by Crippen LogP contribution is 2.04. The molecule has 0 aliphatic carbocycles. The van der Waals surface area contributed by atoms with Gasteiger partial charge in [-0.05, 0) is 12.8 Å². The minimum atomic E-state index is -0.348. The first-order valence-electron chi connectivity index (χ1n) is 4.40. The highest BCUT2D eigenvalue weighted by Gasteiger charge is 2.19. The Morgan fingerprint density at radius 1 is 1.46 bits per heavy atom. The van der Waals surface area contributed by atoms with Crippen LogP contribution in [0.15, 0.2) is 0 Å². The molecule has 2 N–H and O–H groups in total. The maximum Gasteiger partial charge on any atom is 0.231 e. The number of hydrogen-bond acceptors (Lipinski definition) is 2. The second kappa shape index (κ2) is 5.17. The zero-order valence-corrected chi connectivity index (χ0v) is 9.52. The van der Waals surface area contributed by atoms with Crippen LogP contribution >= 0.6 is 12.2 Å². The van der Waals surface area contributed by atoms with Crippen molar-refractivity contribution in [3.63, 3.8) is 0 Å². The molecule has 1 unspecified atom stereocenters. The Balaban J connectivity index is 4.17. The van der Waals surface area contributed by atoms with E-state index < -0.39 is 0 Å². The van der Waals surface area contributed by atoms with Crippen LogP contribution in [0.5, 0.6) is 0 Å². The molecule has 0 aromatic heterocycles. The summed E-state index contributed by atoms with van der Waals surface area (Å²) in [7, 11) is 1.77. The Labute approximate surface area is 85.3 Å². The summed E-state index contributed by atoms with van der Waals surface area (Å²) in [5.41, 5.74) is 5.39. The molecule has 0 fully saturated rings. The van der Waals surface area contributed by atoms with Crippen LogP contribution in [0.2, 0.25) is 0 Å². The second-order valence-electron chi connectivity index (χ2n) is 3.74. The summed E-state index contributed by atoms with van der Waals surface area (Å²) in [6.07, 6.45) is 0. The molecule has 1 atom stereocenters. The number of hydrogen-bond donors (Lipinski definition) is 1. The summed E-state index contributed by atoms with van der Waals surface area (Å²) in [5.74, 6) is 0.118. The van der Waals surface area contributed by atoms with Crippen molar-refractivity contribution in [3.8, 4) is 0 Å². The van der Waals surface area contributed by atoms with Gasteiger partial charge in [-0.3, -0.25) is 4.79 Å². The van der Waals surface area contributed by atoms with E-state index in [1.54, 1.807) is 18.9 Å². The third-order valence-electron chi connectivity index (χ3n) is 1.81. The lowest BCUT2D eigenvalue weighted by Gasteiger charge is -2.22. The monoisotopic (exact) mass is 202 g/mol. The molecule has 0 rings (SSSR count). The first-order chi connectivity index (χ1) is 5.86. The predicted molar refractivity (Wildman–Crippen MR) is 58.4 cm³/mol. The van der Waals surface area contributed by atoms with Crippen molar-refractivity contribution in [2.45, 2.75) is 20.8 Å². The number of carbonyl (C=O) groups excluding carboxylic acids is 1. The zero-order valence-electron chi connectivity index (χ0n) is 8.70. The van der Waals surface area contributed by atoms with Gasteiger partial charge in [0.1, 0.15) is 0 Å². The van der Waals surface area contributed by atoms with Crippen molar-refractivity contribution in [2.75, 3.05) is 13.6 Å². The van der Waals surface area contributed by atoms with Gasteiger partial charge in [0, 0.05) is 13.6 Å². The molecule has 0 aromatic carbocycles. The lowest BCUT2D eigenvalue weighted by molar-refractivity contribution is -0.132. The molecule has 13 heavy (non-hydrogen) atoms. The SMILES string of the molecule is CC(C)CN(C)C(=O)C(C)C(N)=S. The van der Waals surface area contributed by atoms with Crippen LogP contribution < -0.4 is 5.73 Å². The van der Waals surface area contributed by atoms with Crippen molar-refractivity contribution in [2.24, 2.45) is 17.6 Å². The van der Waals surface area contributed by atoms with Crippen molar-refractivity contribution in [3.05, 3.63) is 0 Å². The Morgan fingerprint density at radius 2 is 1.92 bits per heavy atom. The minimum absolute atomic E-state index is 0.00111. The van der Waals surface area contributed by atoms with Crippen molar-refractivity contribution >= 4 is 23.1 Å². The number of nitrogens with zero attached hydrogens (tertiary/aromatic N) is 1. The molecule has 0 bridgehead atoms. The van der Waals surface area contributed by atoms with Crippen LogP contribution in [0.4, 0.5) is 0 Å². The molecule has 3 nitrogen and oxygen atoms in total. The minimum Gasteiger partial charge on any atom is -0.393 e. The number of carbonyl (C=O) groups is 1. The molecule has 0 aliphatic heterocycles. The summed E-state index contributed by atoms with van der Waals surface area (Å²) in [6, 6.07) is 0. The van der Waals surface area contributed by atoms with Gasteiger partial charge in [-0.2, -0.15) is 0 Å². The third-order valence-corrected chi connectivity index (χ3v) is 2.17. The summed E-state index contributed by atoms with van der Waals surface area (Å²) in [6.45, 7) is 6.61. The maximum absolute atomic E-state index is 11.6. The Hall–Kier alpha value is -0.640. The highest BCUT2D eigenvalue weighted by molar-refractivity contribution is 7.80. The molecule has 4 heteroatoms. The quantitative estimate of drug-likeness (QED) is 0.692. The fraction of sp³-hybridized carbons (Fsp3) is 0.778. The standard InChI is InChI=1S/C9H18N2OS/c1-6(2)5-11(4)9(12)7(3)8(10)13/h6-7H,5H2,1-4H3,(H2,10,13). The van der Waals surface area contributed by atoms with E-state index in [2.05, 4.69) is 13.8 Å². The van der Waals surface area contributed by atoms with E-state index in [1.807, 2.05) is 0 Å². The normalized spacial score (nSPS) is 12.7. The molecule has 0 saturated heterocycles. The smallest absolute Gasteiger partial charge is 0.231 e. The van der Waals surface area contributed by atoms with Gasteiger partial charge >= 0.3 is 0 Å². The van der Waals surface area contributed by atoms with Gasteiger partial charge in [-0.1, -0.05) is 26.1 Å². The largest absolute Gasteiger partial charge is 0.393 e. The van der Waals surface area contributed by atoms with Gasteiger partial charge in [0.05, 0.1) is 10.9 Å². The summed E-state index contributed by atoms with van der Waals surface area (Å²) in [5, 5.41) is 0. The summed E-state index contributed by atoms with van der Waals surface area (Å²) < 4.78 is 0. The Morgan fingerprint density at radius 3 is 2.23 bits per heavy atom. The number of rotatable bonds is 4. The van der Waals surface area contributed by atoms with Crippen LogP contribution in [0, 0.1) is 11.8 Å². The van der Waals surface area contributed by atoms with Crippen LogP contribution in [0.1, 0.15) is 20.8 Å². The van der Waals surface area contributed by atoms with Crippen LogP contribution in [0.25, 0.3) is 0 Å². The van der Waals surface area contributed by atoms with E-state index in [4.69, 9.17) is 18.0 Å². The zero-order chi connectivity index (χ0) is 10.6. The van der Waals surface area contributed by atoms with E-state index in [-0.39, 0.29) is 16.8 Å². The fourth-order valence-corrected chi connectivity index (χ4v) is 1.19. The predicted octanol–water partition coefficient (Wildman–Crippen LogP) is 1.02. The summed E-state index contributed by atoms with van der Waals surface area (Å²) in [4.78, 5) is 13.5. The molecule has 1 amide bonds. The first-order valence-corrected chi connectivity index (χ1v) is 4.81. The highest BCUT2D eigenvalue weighted by atomic mass is 32.1. The molecule has 76 valence electrons. The fourth-order valence-electron chi connectivity index (χ4n) is 1.09. The third kappa shape index (κ3) is 4.22. The Bertz CT molecular complexity index is 204. The van der Waals surface area contributed by atoms with Crippen LogP contribution in [0.3, 0.4) is 0 Å². The molecule has 0 radical (unpaired) electrons. The van der Waals surface area contributed by atoms with E-state index in [9.17, 15) is 4.79 Å². The van der Waals surface area contributed by atoms with Gasteiger partial charge in [0.25, 0.3) is 0 Å². The average Bonchev–Trinajstić information content (AvgIpc) is 2.00. The lowest BCUT2D eigenvalue weighted by Crippen LogP contribution is -2.39. The van der Waals surface area contributed by atoms with Crippen LogP contribution in [-0.4, -0.2) is 29.4 Å². The second-order valence-corrected chi connectivity index (χ2v) is 4.21. The van der Waals surface area contributed by atoms with E-state index >= 15 is 0 Å². The van der Waals surface area contributed by atoms with Gasteiger partial charge in [0.15, 0.2) is 0 Å². The van der Waals surface area contributed by atoms with Gasteiger partial charge < -0.3 is 10.6 Å². The topological polar surface area (TPSA) is 46.3 Å². The molecule has 0 aliphatic rings. The van der Waals surface area contributed by atoms with E-state index in [0.717, 1.165) is 6.54 Å². The first kappa shape index (κ1) is 12.4.